The van der Waals surface area contributed by atoms with Crippen molar-refractivity contribution in [2.75, 3.05) is 7.11 Å². The number of hydrogen-bond acceptors (Lipinski definition) is 6. The molecule has 1 aliphatic carbocycles. The van der Waals surface area contributed by atoms with Gasteiger partial charge in [0.05, 0.1) is 18.2 Å². The molecule has 6 heteroatoms. The van der Waals surface area contributed by atoms with Gasteiger partial charge in [0.2, 0.25) is 17.3 Å². The van der Waals surface area contributed by atoms with E-state index in [0.717, 1.165) is 0 Å². The van der Waals surface area contributed by atoms with Crippen molar-refractivity contribution in [1.29, 1.82) is 0 Å². The predicted molar refractivity (Wildman–Crippen MR) is 101 cm³/mol. The van der Waals surface area contributed by atoms with Gasteiger partial charge in [-0.3, -0.25) is 9.59 Å². The molecule has 0 saturated carbocycles. The Hall–Kier alpha value is -3.93. The first-order valence-electron chi connectivity index (χ1n) is 8.59. The summed E-state index contributed by atoms with van der Waals surface area (Å²) in [7, 11) is 1.42. The van der Waals surface area contributed by atoms with Crippen LogP contribution in [0.15, 0.2) is 59.1 Å². The zero-order chi connectivity index (χ0) is 19.4. The summed E-state index contributed by atoms with van der Waals surface area (Å²) >= 11 is 0. The number of carbonyl (C=O) groups is 2. The summed E-state index contributed by atoms with van der Waals surface area (Å²) in [5.41, 5.74) is 0.868. The lowest BCUT2D eigenvalue weighted by Crippen LogP contribution is -2.21. The van der Waals surface area contributed by atoms with E-state index in [4.69, 9.17) is 9.26 Å². The number of aromatic nitrogens is 1. The lowest BCUT2D eigenvalue weighted by atomic mass is 9.83. The monoisotopic (exact) mass is 371 g/mol. The second-order valence-electron chi connectivity index (χ2n) is 6.44. The highest BCUT2D eigenvalue weighted by Crippen LogP contribution is 2.46. The number of fused-ring (bicyclic) bond motifs is 3. The molecule has 0 spiro atoms. The average Bonchev–Trinajstić information content (AvgIpc) is 3.18. The van der Waals surface area contributed by atoms with E-state index >= 15 is 0 Å². The SMILES string of the molecule is COc1c2c(c(O)c3ccccc13)C(=O)c1c(-c3ccccc3)noc1C2=O. The number of hydrogen-bond donors (Lipinski definition) is 1. The largest absolute Gasteiger partial charge is 0.506 e. The third-order valence-corrected chi connectivity index (χ3v) is 4.97. The molecule has 136 valence electrons. The van der Waals surface area contributed by atoms with E-state index in [1.165, 1.54) is 7.11 Å². The van der Waals surface area contributed by atoms with Crippen molar-refractivity contribution >= 4 is 22.3 Å². The number of benzene rings is 3. The van der Waals surface area contributed by atoms with Gasteiger partial charge in [0.1, 0.15) is 22.8 Å². The molecule has 0 aliphatic heterocycles. The van der Waals surface area contributed by atoms with Gasteiger partial charge in [-0.1, -0.05) is 59.8 Å². The summed E-state index contributed by atoms with van der Waals surface area (Å²) < 4.78 is 10.7. The fourth-order valence-corrected chi connectivity index (χ4v) is 3.73. The molecule has 0 atom stereocenters. The molecule has 4 aromatic rings. The lowest BCUT2D eigenvalue weighted by Gasteiger charge is -2.20. The smallest absolute Gasteiger partial charge is 0.236 e. The van der Waals surface area contributed by atoms with Gasteiger partial charge in [-0.15, -0.1) is 0 Å². The molecule has 0 saturated heterocycles. The first-order chi connectivity index (χ1) is 13.6. The lowest BCUT2D eigenvalue weighted by molar-refractivity contribution is 0.0950. The molecular weight excluding hydrogens is 358 g/mol. The zero-order valence-corrected chi connectivity index (χ0v) is 14.7. The van der Waals surface area contributed by atoms with Gasteiger partial charge in [0, 0.05) is 16.3 Å². The van der Waals surface area contributed by atoms with Crippen molar-refractivity contribution in [3.05, 3.63) is 77.0 Å². The van der Waals surface area contributed by atoms with Crippen LogP contribution in [-0.4, -0.2) is 28.9 Å². The summed E-state index contributed by atoms with van der Waals surface area (Å²) in [6.07, 6.45) is 0. The average molecular weight is 371 g/mol. The summed E-state index contributed by atoms with van der Waals surface area (Å²) in [6, 6.07) is 15.9. The van der Waals surface area contributed by atoms with Gasteiger partial charge in [0.25, 0.3) is 0 Å². The van der Waals surface area contributed by atoms with E-state index in [0.29, 0.717) is 16.3 Å². The van der Waals surface area contributed by atoms with Crippen molar-refractivity contribution in [2.24, 2.45) is 0 Å². The molecule has 0 unspecified atom stereocenters. The quantitative estimate of drug-likeness (QED) is 0.505. The van der Waals surface area contributed by atoms with Gasteiger partial charge < -0.3 is 14.4 Å². The third kappa shape index (κ3) is 2.00. The number of rotatable bonds is 2. The molecule has 0 radical (unpaired) electrons. The maximum Gasteiger partial charge on any atom is 0.236 e. The van der Waals surface area contributed by atoms with Crippen molar-refractivity contribution in [2.45, 2.75) is 0 Å². The Kier molecular flexibility index (Phi) is 3.36. The second-order valence-corrected chi connectivity index (χ2v) is 6.44. The van der Waals surface area contributed by atoms with E-state index < -0.39 is 11.6 Å². The Morgan fingerprint density at radius 2 is 1.54 bits per heavy atom. The zero-order valence-electron chi connectivity index (χ0n) is 14.7. The molecule has 1 aromatic heterocycles. The fraction of sp³-hybridized carbons (Fsp3) is 0.0455. The van der Waals surface area contributed by atoms with Gasteiger partial charge in [0.15, 0.2) is 0 Å². The highest BCUT2D eigenvalue weighted by atomic mass is 16.5. The van der Waals surface area contributed by atoms with Crippen molar-refractivity contribution in [1.82, 2.24) is 5.16 Å². The maximum atomic E-state index is 13.4. The van der Waals surface area contributed by atoms with Gasteiger partial charge in [-0.05, 0) is 0 Å². The number of phenolic OH excluding ortho intramolecular Hbond substituents is 1. The molecule has 3 aromatic carbocycles. The van der Waals surface area contributed by atoms with Crippen LogP contribution in [0, 0.1) is 0 Å². The number of carbonyl (C=O) groups excluding carboxylic acids is 2. The van der Waals surface area contributed by atoms with Crippen LogP contribution in [0.1, 0.15) is 32.0 Å². The van der Waals surface area contributed by atoms with Crippen LogP contribution in [-0.2, 0) is 0 Å². The highest BCUT2D eigenvalue weighted by molar-refractivity contribution is 6.33. The van der Waals surface area contributed by atoms with Crippen LogP contribution >= 0.6 is 0 Å². The maximum absolute atomic E-state index is 13.4. The number of methoxy groups -OCH3 is 1. The van der Waals surface area contributed by atoms with Crippen LogP contribution < -0.4 is 4.74 Å². The molecule has 0 bridgehead atoms. The summed E-state index contributed by atoms with van der Waals surface area (Å²) in [5, 5.41) is 15.8. The molecule has 1 N–H and O–H groups in total. The minimum absolute atomic E-state index is 0.00744. The van der Waals surface area contributed by atoms with E-state index in [9.17, 15) is 14.7 Å². The van der Waals surface area contributed by atoms with Gasteiger partial charge in [-0.25, -0.2) is 0 Å². The summed E-state index contributed by atoms with van der Waals surface area (Å²) in [6.45, 7) is 0. The normalized spacial score (nSPS) is 12.8. The summed E-state index contributed by atoms with van der Waals surface area (Å²) in [4.78, 5) is 26.6. The fourth-order valence-electron chi connectivity index (χ4n) is 3.73. The Labute approximate surface area is 159 Å². The van der Waals surface area contributed by atoms with Crippen LogP contribution in [0.25, 0.3) is 22.0 Å². The molecular formula is C22H13NO5. The van der Waals surface area contributed by atoms with Crippen molar-refractivity contribution in [3.8, 4) is 22.8 Å². The highest BCUT2D eigenvalue weighted by Gasteiger charge is 2.41. The standard InChI is InChI=1S/C22H13NO5/c1-27-21-13-10-6-5-9-12(13)18(24)14-15(21)20(26)22-16(19(14)25)17(23-28-22)11-7-3-2-4-8-11/h2-10,24H,1H3. The van der Waals surface area contributed by atoms with Crippen LogP contribution in [0.4, 0.5) is 0 Å². The number of ether oxygens (including phenoxy) is 1. The van der Waals surface area contributed by atoms with E-state index in [1.54, 1.807) is 48.5 Å². The number of ketones is 2. The Morgan fingerprint density at radius 3 is 2.25 bits per heavy atom. The number of aromatic hydroxyl groups is 1. The predicted octanol–water partition coefficient (Wildman–Crippen LogP) is 3.98. The number of nitrogens with zero attached hydrogens (tertiary/aromatic N) is 1. The van der Waals surface area contributed by atoms with Crippen molar-refractivity contribution < 1.29 is 24.0 Å². The Bertz CT molecular complexity index is 1290. The van der Waals surface area contributed by atoms with Crippen LogP contribution in [0.5, 0.6) is 11.5 Å². The minimum atomic E-state index is -0.544. The van der Waals surface area contributed by atoms with Crippen LogP contribution in [0.2, 0.25) is 0 Å². The topological polar surface area (TPSA) is 89.6 Å². The molecule has 1 aliphatic rings. The molecule has 0 amide bonds. The first kappa shape index (κ1) is 16.3. The molecule has 6 nitrogen and oxygen atoms in total. The second kappa shape index (κ2) is 5.79. The van der Waals surface area contributed by atoms with Gasteiger partial charge >= 0.3 is 0 Å². The molecule has 5 rings (SSSR count). The van der Waals surface area contributed by atoms with Crippen LogP contribution in [0.3, 0.4) is 0 Å². The Balaban J connectivity index is 1.86. The van der Waals surface area contributed by atoms with Gasteiger partial charge in [-0.2, -0.15) is 0 Å². The third-order valence-electron chi connectivity index (χ3n) is 4.97. The first-order valence-corrected chi connectivity index (χ1v) is 8.59. The Morgan fingerprint density at radius 1 is 0.857 bits per heavy atom. The molecule has 1 heterocycles. The number of phenols is 1. The minimum Gasteiger partial charge on any atom is -0.506 e. The molecule has 28 heavy (non-hydrogen) atoms. The van der Waals surface area contributed by atoms with E-state index in [-0.39, 0.29) is 39.6 Å². The summed E-state index contributed by atoms with van der Waals surface area (Å²) in [5.74, 6) is -1.24. The van der Waals surface area contributed by atoms with Crippen molar-refractivity contribution in [3.63, 3.8) is 0 Å². The molecule has 0 fully saturated rings. The van der Waals surface area contributed by atoms with E-state index in [1.807, 2.05) is 6.07 Å². The van der Waals surface area contributed by atoms with E-state index in [2.05, 4.69) is 5.16 Å².